The fourth-order valence-corrected chi connectivity index (χ4v) is 4.85. The third kappa shape index (κ3) is 6.12. The van der Waals surface area contributed by atoms with Gasteiger partial charge in [0.05, 0.1) is 17.4 Å². The summed E-state index contributed by atoms with van der Waals surface area (Å²) in [4.78, 5) is 30.1. The molecule has 0 radical (unpaired) electrons. The fraction of sp³-hybridized carbons (Fsp3) is 0.250. The first-order chi connectivity index (χ1) is 19.6. The molecule has 0 spiro atoms. The van der Waals surface area contributed by atoms with Gasteiger partial charge in [-0.1, -0.05) is 42.8 Å². The van der Waals surface area contributed by atoms with Crippen LogP contribution in [0.1, 0.15) is 54.6 Å². The number of aromatic amines is 1. The maximum Gasteiger partial charge on any atom is 0.258 e. The Morgan fingerprint density at radius 3 is 2.62 bits per heavy atom. The molecule has 1 aliphatic rings. The monoisotopic (exact) mass is 532 g/mol. The topological polar surface area (TPSA) is 105 Å². The Morgan fingerprint density at radius 2 is 1.77 bits per heavy atom. The van der Waals surface area contributed by atoms with Crippen LogP contribution in [0.5, 0.6) is 0 Å². The van der Waals surface area contributed by atoms with E-state index in [1.807, 2.05) is 77.5 Å². The van der Waals surface area contributed by atoms with Crippen molar-refractivity contribution in [3.8, 4) is 16.8 Å². The summed E-state index contributed by atoms with van der Waals surface area (Å²) in [7, 11) is 0. The van der Waals surface area contributed by atoms with E-state index in [9.17, 15) is 9.59 Å². The largest absolute Gasteiger partial charge is 0.353 e. The molecule has 202 valence electrons. The number of carbonyl (C=O) groups is 2. The van der Waals surface area contributed by atoms with Gasteiger partial charge in [0, 0.05) is 35.3 Å². The number of unbranched alkanes of at least 4 members (excludes halogenated alkanes) is 2. The van der Waals surface area contributed by atoms with Gasteiger partial charge in [0.25, 0.3) is 5.91 Å². The Balaban J connectivity index is 1.14. The predicted molar refractivity (Wildman–Crippen MR) is 156 cm³/mol. The number of aromatic nitrogens is 4. The minimum Gasteiger partial charge on any atom is -0.353 e. The number of amides is 2. The van der Waals surface area contributed by atoms with Gasteiger partial charge in [0.2, 0.25) is 11.9 Å². The molecular formula is C32H32N6O2. The molecule has 1 fully saturated rings. The van der Waals surface area contributed by atoms with Crippen molar-refractivity contribution in [3.05, 3.63) is 96.4 Å². The Hall–Kier alpha value is -4.72. The highest BCUT2D eigenvalue weighted by molar-refractivity contribution is 6.04. The van der Waals surface area contributed by atoms with Crippen molar-refractivity contribution in [3.63, 3.8) is 0 Å². The van der Waals surface area contributed by atoms with Gasteiger partial charge in [-0.3, -0.25) is 24.6 Å². The van der Waals surface area contributed by atoms with E-state index >= 15 is 0 Å². The lowest BCUT2D eigenvalue weighted by Gasteiger charge is -2.10. The second kappa shape index (κ2) is 11.6. The summed E-state index contributed by atoms with van der Waals surface area (Å²) in [6, 6.07) is 24.0. The molecule has 0 atom stereocenters. The number of hydrogen-bond donors (Lipinski definition) is 3. The standard InChI is InChI=1S/C32H32N6O2/c39-30(34-26-15-16-26)13-6-1-3-10-27-21-38(28-11-4-2-5-12-28)32(35-27)36-31(40)24-9-7-8-22(18-24)23-14-17-29-25(19-23)20-33-37-29/h2,4-5,7-9,11-12,14,17-21,26H,1,3,6,10,13,15-16H2,(H,33,37)(H,34,39)(H,35,36,40). The third-order valence-electron chi connectivity index (χ3n) is 7.19. The van der Waals surface area contributed by atoms with Crippen molar-refractivity contribution >= 4 is 28.7 Å². The first kappa shape index (κ1) is 25.6. The summed E-state index contributed by atoms with van der Waals surface area (Å²) in [5.41, 5.74) is 5.33. The Morgan fingerprint density at radius 1 is 0.925 bits per heavy atom. The van der Waals surface area contributed by atoms with Crippen LogP contribution in [-0.2, 0) is 11.2 Å². The van der Waals surface area contributed by atoms with Gasteiger partial charge < -0.3 is 5.32 Å². The molecule has 3 aromatic carbocycles. The summed E-state index contributed by atoms with van der Waals surface area (Å²) in [6.45, 7) is 0. The maximum atomic E-state index is 13.4. The van der Waals surface area contributed by atoms with Gasteiger partial charge in [0.15, 0.2) is 0 Å². The molecular weight excluding hydrogens is 500 g/mol. The van der Waals surface area contributed by atoms with E-state index in [-0.39, 0.29) is 11.8 Å². The zero-order valence-electron chi connectivity index (χ0n) is 22.3. The highest BCUT2D eigenvalue weighted by Crippen LogP contribution is 2.25. The van der Waals surface area contributed by atoms with Crippen molar-refractivity contribution in [2.24, 2.45) is 0 Å². The smallest absolute Gasteiger partial charge is 0.258 e. The summed E-state index contributed by atoms with van der Waals surface area (Å²) < 4.78 is 1.92. The lowest BCUT2D eigenvalue weighted by Crippen LogP contribution is -2.24. The zero-order chi connectivity index (χ0) is 27.3. The SMILES string of the molecule is O=C(CCCCCc1cn(-c2ccccc2)c(NC(=O)c2cccc(-c3ccc4[nH]ncc4c3)c2)n1)NC1CC1. The van der Waals surface area contributed by atoms with Crippen LogP contribution in [0.2, 0.25) is 0 Å². The van der Waals surface area contributed by atoms with Crippen LogP contribution in [0.25, 0.3) is 27.7 Å². The minimum absolute atomic E-state index is 0.159. The molecule has 0 aliphatic heterocycles. The summed E-state index contributed by atoms with van der Waals surface area (Å²) in [5, 5.41) is 14.2. The van der Waals surface area contributed by atoms with Gasteiger partial charge in [-0.05, 0) is 79.6 Å². The van der Waals surface area contributed by atoms with Crippen molar-refractivity contribution in [1.82, 2.24) is 25.1 Å². The molecule has 1 saturated carbocycles. The van der Waals surface area contributed by atoms with Crippen molar-refractivity contribution in [2.45, 2.75) is 51.0 Å². The second-order valence-corrected chi connectivity index (χ2v) is 10.4. The van der Waals surface area contributed by atoms with Crippen LogP contribution in [0, 0.1) is 0 Å². The normalized spacial score (nSPS) is 12.9. The van der Waals surface area contributed by atoms with E-state index < -0.39 is 0 Å². The number of imidazole rings is 1. The number of aryl methyl sites for hydroxylation is 1. The Bertz CT molecular complexity index is 1630. The molecule has 3 N–H and O–H groups in total. The lowest BCUT2D eigenvalue weighted by atomic mass is 10.0. The average molecular weight is 533 g/mol. The van der Waals surface area contributed by atoms with Crippen LogP contribution in [-0.4, -0.2) is 37.6 Å². The predicted octanol–water partition coefficient (Wildman–Crippen LogP) is 6.05. The van der Waals surface area contributed by atoms with Crippen LogP contribution in [0.4, 0.5) is 5.95 Å². The van der Waals surface area contributed by atoms with Gasteiger partial charge in [-0.2, -0.15) is 5.10 Å². The molecule has 1 aliphatic carbocycles. The first-order valence-corrected chi connectivity index (χ1v) is 13.9. The Labute approximate surface area is 232 Å². The van der Waals surface area contributed by atoms with Gasteiger partial charge in [0.1, 0.15) is 0 Å². The number of hydrogen-bond acceptors (Lipinski definition) is 4. The minimum atomic E-state index is -0.220. The van der Waals surface area contributed by atoms with Gasteiger partial charge in [-0.15, -0.1) is 0 Å². The number of para-hydroxylation sites is 1. The number of rotatable bonds is 11. The van der Waals surface area contributed by atoms with Crippen LogP contribution in [0.15, 0.2) is 85.2 Å². The fourth-order valence-electron chi connectivity index (χ4n) is 4.85. The van der Waals surface area contributed by atoms with E-state index in [1.54, 1.807) is 6.20 Å². The van der Waals surface area contributed by atoms with Crippen molar-refractivity contribution < 1.29 is 9.59 Å². The van der Waals surface area contributed by atoms with Gasteiger partial charge in [-0.25, -0.2) is 4.98 Å². The molecule has 2 heterocycles. The summed E-state index contributed by atoms with van der Waals surface area (Å²) in [5.74, 6) is 0.425. The van der Waals surface area contributed by atoms with Crippen LogP contribution in [0.3, 0.4) is 0 Å². The molecule has 6 rings (SSSR count). The number of fused-ring (bicyclic) bond motifs is 1. The molecule has 2 amide bonds. The molecule has 8 heteroatoms. The van der Waals surface area contributed by atoms with Crippen LogP contribution < -0.4 is 10.6 Å². The lowest BCUT2D eigenvalue weighted by molar-refractivity contribution is -0.121. The number of nitrogens with zero attached hydrogens (tertiary/aromatic N) is 3. The van der Waals surface area contributed by atoms with Crippen molar-refractivity contribution in [1.29, 1.82) is 0 Å². The van der Waals surface area contributed by atoms with E-state index in [0.29, 0.717) is 24.0 Å². The van der Waals surface area contributed by atoms with Crippen LogP contribution >= 0.6 is 0 Å². The molecule has 2 aromatic heterocycles. The number of anilines is 1. The zero-order valence-corrected chi connectivity index (χ0v) is 22.3. The molecule has 0 bridgehead atoms. The molecule has 40 heavy (non-hydrogen) atoms. The van der Waals surface area contributed by atoms with Crippen molar-refractivity contribution in [2.75, 3.05) is 5.32 Å². The third-order valence-corrected chi connectivity index (χ3v) is 7.19. The molecule has 0 saturated heterocycles. The number of H-pyrrole nitrogens is 1. The van der Waals surface area contributed by atoms with E-state index in [1.165, 1.54) is 0 Å². The molecule has 0 unspecified atom stereocenters. The maximum absolute atomic E-state index is 13.4. The highest BCUT2D eigenvalue weighted by atomic mass is 16.2. The first-order valence-electron chi connectivity index (χ1n) is 13.9. The second-order valence-electron chi connectivity index (χ2n) is 10.4. The summed E-state index contributed by atoms with van der Waals surface area (Å²) in [6.07, 6.45) is 10.1. The number of benzene rings is 3. The number of carbonyl (C=O) groups excluding carboxylic acids is 2. The Kier molecular flexibility index (Phi) is 7.39. The average Bonchev–Trinajstić information content (AvgIpc) is 3.50. The number of nitrogens with one attached hydrogen (secondary N) is 3. The quantitative estimate of drug-likeness (QED) is 0.180. The highest BCUT2D eigenvalue weighted by Gasteiger charge is 2.22. The van der Waals surface area contributed by atoms with Gasteiger partial charge >= 0.3 is 0 Å². The molecule has 8 nitrogen and oxygen atoms in total. The van der Waals surface area contributed by atoms with E-state index in [4.69, 9.17) is 4.98 Å². The van der Waals surface area contributed by atoms with E-state index in [0.717, 1.165) is 71.9 Å². The molecule has 5 aromatic rings. The summed E-state index contributed by atoms with van der Waals surface area (Å²) >= 11 is 0. The van der Waals surface area contributed by atoms with E-state index in [2.05, 4.69) is 26.9 Å².